The number of halogens is 1. The summed E-state index contributed by atoms with van der Waals surface area (Å²) >= 11 is 7.77. The Kier molecular flexibility index (Phi) is 6.34. The molecular formula is C19H22ClN3O3S. The van der Waals surface area contributed by atoms with Crippen LogP contribution in [0.2, 0.25) is 5.02 Å². The van der Waals surface area contributed by atoms with Crippen LogP contribution in [0.4, 0.5) is 0 Å². The average Bonchev–Trinajstić information content (AvgIpc) is 3.15. The summed E-state index contributed by atoms with van der Waals surface area (Å²) in [7, 11) is 0. The number of carbonyl (C=O) groups is 2. The largest absolute Gasteiger partial charge is 0.494 e. The zero-order valence-electron chi connectivity index (χ0n) is 15.4. The minimum atomic E-state index is -0.111. The highest BCUT2D eigenvalue weighted by molar-refractivity contribution is 7.13. The minimum absolute atomic E-state index is 0.0408. The maximum absolute atomic E-state index is 12.7. The van der Waals surface area contributed by atoms with E-state index in [0.717, 1.165) is 17.7 Å². The summed E-state index contributed by atoms with van der Waals surface area (Å²) in [6.07, 6.45) is 0.929. The van der Waals surface area contributed by atoms with E-state index in [1.165, 1.54) is 11.3 Å². The Hall–Kier alpha value is -2.12. The van der Waals surface area contributed by atoms with Gasteiger partial charge in [-0.05, 0) is 24.6 Å². The predicted octanol–water partition coefficient (Wildman–Crippen LogP) is 3.56. The first-order valence-corrected chi connectivity index (χ1v) is 10.2. The third-order valence-corrected chi connectivity index (χ3v) is 5.57. The standard InChI is InChI=1S/C19H22ClN3O3S/c1-3-10-26-14-4-5-15(16(20)11-14)18-21-17(12-27-18)19(25)23-8-6-22(7-9-23)13(2)24/h4-5,11-12H,3,6-10H2,1-2H3. The highest BCUT2D eigenvalue weighted by Crippen LogP contribution is 2.33. The van der Waals surface area contributed by atoms with Gasteiger partial charge in [0.25, 0.3) is 5.91 Å². The monoisotopic (exact) mass is 407 g/mol. The fourth-order valence-electron chi connectivity index (χ4n) is 2.86. The summed E-state index contributed by atoms with van der Waals surface area (Å²) in [6, 6.07) is 5.50. The van der Waals surface area contributed by atoms with Gasteiger partial charge in [-0.15, -0.1) is 11.3 Å². The molecule has 0 aliphatic carbocycles. The summed E-state index contributed by atoms with van der Waals surface area (Å²) in [5.74, 6) is 0.653. The molecule has 0 spiro atoms. The Morgan fingerprint density at radius 3 is 2.56 bits per heavy atom. The van der Waals surface area contributed by atoms with Crippen LogP contribution in [-0.4, -0.2) is 59.4 Å². The normalized spacial score (nSPS) is 14.3. The molecule has 0 saturated carbocycles. The van der Waals surface area contributed by atoms with Gasteiger partial charge in [-0.25, -0.2) is 4.98 Å². The van der Waals surface area contributed by atoms with Crippen LogP contribution >= 0.6 is 22.9 Å². The molecule has 0 N–H and O–H groups in total. The topological polar surface area (TPSA) is 62.7 Å². The van der Waals surface area contributed by atoms with Crippen molar-refractivity contribution < 1.29 is 14.3 Å². The molecule has 1 fully saturated rings. The number of hydrogen-bond donors (Lipinski definition) is 0. The lowest BCUT2D eigenvalue weighted by atomic mass is 10.2. The third kappa shape index (κ3) is 4.59. The smallest absolute Gasteiger partial charge is 0.273 e. The molecule has 6 nitrogen and oxygen atoms in total. The summed E-state index contributed by atoms with van der Waals surface area (Å²) in [5.41, 5.74) is 1.19. The molecule has 27 heavy (non-hydrogen) atoms. The first-order valence-electron chi connectivity index (χ1n) is 8.92. The van der Waals surface area contributed by atoms with Crippen molar-refractivity contribution >= 4 is 34.8 Å². The lowest BCUT2D eigenvalue weighted by molar-refractivity contribution is -0.130. The Morgan fingerprint density at radius 2 is 1.93 bits per heavy atom. The molecule has 1 saturated heterocycles. The number of piperazine rings is 1. The van der Waals surface area contributed by atoms with E-state index in [-0.39, 0.29) is 11.8 Å². The molecule has 2 amide bonds. The molecule has 8 heteroatoms. The molecule has 0 unspecified atom stereocenters. The van der Waals surface area contributed by atoms with Crippen LogP contribution < -0.4 is 4.74 Å². The number of aromatic nitrogens is 1. The van der Waals surface area contributed by atoms with Gasteiger partial charge in [0, 0.05) is 44.0 Å². The fraction of sp³-hybridized carbons (Fsp3) is 0.421. The van der Waals surface area contributed by atoms with Crippen molar-refractivity contribution in [1.82, 2.24) is 14.8 Å². The number of hydrogen-bond acceptors (Lipinski definition) is 5. The first kappa shape index (κ1) is 19.6. The molecule has 0 bridgehead atoms. The molecular weight excluding hydrogens is 386 g/mol. The number of ether oxygens (including phenoxy) is 1. The third-order valence-electron chi connectivity index (χ3n) is 4.38. The van der Waals surface area contributed by atoms with Gasteiger partial charge in [0.05, 0.1) is 11.6 Å². The zero-order chi connectivity index (χ0) is 19.4. The number of rotatable bonds is 5. The molecule has 0 radical (unpaired) electrons. The molecule has 1 aromatic carbocycles. The van der Waals surface area contributed by atoms with E-state index < -0.39 is 0 Å². The second kappa shape index (κ2) is 8.71. The van der Waals surface area contributed by atoms with Crippen LogP contribution in [0.15, 0.2) is 23.6 Å². The van der Waals surface area contributed by atoms with Gasteiger partial charge in [-0.1, -0.05) is 18.5 Å². The van der Waals surface area contributed by atoms with E-state index in [9.17, 15) is 9.59 Å². The van der Waals surface area contributed by atoms with Crippen LogP contribution in [0.3, 0.4) is 0 Å². The Bertz CT molecular complexity index is 831. The van der Waals surface area contributed by atoms with Gasteiger partial charge in [0.2, 0.25) is 5.91 Å². The molecule has 1 aliphatic heterocycles. The number of amides is 2. The molecule has 1 aromatic heterocycles. The van der Waals surface area contributed by atoms with E-state index in [4.69, 9.17) is 16.3 Å². The van der Waals surface area contributed by atoms with Gasteiger partial charge < -0.3 is 14.5 Å². The van der Waals surface area contributed by atoms with E-state index >= 15 is 0 Å². The maximum atomic E-state index is 12.7. The van der Waals surface area contributed by atoms with Gasteiger partial charge in [0.1, 0.15) is 16.5 Å². The van der Waals surface area contributed by atoms with Crippen molar-refractivity contribution in [2.75, 3.05) is 32.8 Å². The Labute approximate surface area is 167 Å². The van der Waals surface area contributed by atoms with E-state index in [1.807, 2.05) is 19.1 Å². The minimum Gasteiger partial charge on any atom is -0.494 e. The van der Waals surface area contributed by atoms with Crippen LogP contribution in [-0.2, 0) is 4.79 Å². The van der Waals surface area contributed by atoms with E-state index in [1.54, 1.807) is 28.2 Å². The summed E-state index contributed by atoms with van der Waals surface area (Å²) in [4.78, 5) is 32.1. The van der Waals surface area contributed by atoms with Gasteiger partial charge in [-0.3, -0.25) is 9.59 Å². The van der Waals surface area contributed by atoms with Crippen molar-refractivity contribution in [3.63, 3.8) is 0 Å². The SMILES string of the molecule is CCCOc1ccc(-c2nc(C(=O)N3CCN(C(C)=O)CC3)cs2)c(Cl)c1. The summed E-state index contributed by atoms with van der Waals surface area (Å²) in [5, 5.41) is 3.01. The fourth-order valence-corrected chi connectivity index (χ4v) is 4.01. The highest BCUT2D eigenvalue weighted by atomic mass is 35.5. The second-order valence-electron chi connectivity index (χ2n) is 6.33. The lowest BCUT2D eigenvalue weighted by Crippen LogP contribution is -2.50. The number of carbonyl (C=O) groups excluding carboxylic acids is 2. The molecule has 0 atom stereocenters. The Morgan fingerprint density at radius 1 is 1.22 bits per heavy atom. The van der Waals surface area contributed by atoms with Crippen LogP contribution in [0, 0.1) is 0 Å². The summed E-state index contributed by atoms with van der Waals surface area (Å²) < 4.78 is 5.58. The zero-order valence-corrected chi connectivity index (χ0v) is 17.0. The molecule has 3 rings (SSSR count). The number of thiazole rings is 1. The van der Waals surface area contributed by atoms with Crippen LogP contribution in [0.25, 0.3) is 10.6 Å². The van der Waals surface area contributed by atoms with Crippen LogP contribution in [0.5, 0.6) is 5.75 Å². The first-order chi connectivity index (χ1) is 13.0. The molecule has 1 aliphatic rings. The number of benzene rings is 1. The van der Waals surface area contributed by atoms with Gasteiger partial charge >= 0.3 is 0 Å². The van der Waals surface area contributed by atoms with Crippen LogP contribution in [0.1, 0.15) is 30.8 Å². The average molecular weight is 408 g/mol. The van der Waals surface area contributed by atoms with Crippen molar-refractivity contribution in [1.29, 1.82) is 0 Å². The lowest BCUT2D eigenvalue weighted by Gasteiger charge is -2.33. The Balaban J connectivity index is 1.69. The maximum Gasteiger partial charge on any atom is 0.273 e. The summed E-state index contributed by atoms with van der Waals surface area (Å²) in [6.45, 7) is 6.40. The van der Waals surface area contributed by atoms with Gasteiger partial charge in [0.15, 0.2) is 0 Å². The number of nitrogens with zero attached hydrogens (tertiary/aromatic N) is 3. The highest BCUT2D eigenvalue weighted by Gasteiger charge is 2.25. The molecule has 144 valence electrons. The van der Waals surface area contributed by atoms with Crippen molar-refractivity contribution in [2.24, 2.45) is 0 Å². The quantitative estimate of drug-likeness (QED) is 0.760. The van der Waals surface area contributed by atoms with Gasteiger partial charge in [-0.2, -0.15) is 0 Å². The molecule has 2 heterocycles. The van der Waals surface area contributed by atoms with Crippen molar-refractivity contribution in [3.05, 3.63) is 34.3 Å². The predicted molar refractivity (Wildman–Crippen MR) is 107 cm³/mol. The van der Waals surface area contributed by atoms with E-state index in [0.29, 0.717) is 48.5 Å². The van der Waals surface area contributed by atoms with Crippen molar-refractivity contribution in [3.8, 4) is 16.3 Å². The second-order valence-corrected chi connectivity index (χ2v) is 7.59. The van der Waals surface area contributed by atoms with Crippen molar-refractivity contribution in [2.45, 2.75) is 20.3 Å². The molecule has 2 aromatic rings. The van der Waals surface area contributed by atoms with E-state index in [2.05, 4.69) is 4.98 Å².